The molecule has 1 saturated heterocycles. The number of fused-ring (bicyclic) bond motifs is 1. The van der Waals surface area contributed by atoms with Crippen LogP contribution in [0, 0.1) is 12.8 Å². The number of carbonyl (C=O) groups excluding carboxylic acids is 1. The van der Waals surface area contributed by atoms with Crippen molar-refractivity contribution in [3.05, 3.63) is 27.4 Å². The van der Waals surface area contributed by atoms with Crippen molar-refractivity contribution in [3.63, 3.8) is 0 Å². The van der Waals surface area contributed by atoms with E-state index in [-0.39, 0.29) is 17.4 Å². The molecular formula is C17H26N4O3. The highest BCUT2D eigenvalue weighted by Gasteiger charge is 2.24. The maximum Gasteiger partial charge on any atom is 0.254 e. The number of rotatable bonds is 4. The van der Waals surface area contributed by atoms with Gasteiger partial charge in [-0.2, -0.15) is 0 Å². The van der Waals surface area contributed by atoms with Crippen LogP contribution in [0.3, 0.4) is 0 Å². The van der Waals surface area contributed by atoms with E-state index in [4.69, 9.17) is 4.74 Å². The summed E-state index contributed by atoms with van der Waals surface area (Å²) >= 11 is 0. The summed E-state index contributed by atoms with van der Waals surface area (Å²) in [6.45, 7) is 6.74. The van der Waals surface area contributed by atoms with Crippen LogP contribution in [-0.2, 0) is 22.4 Å². The molecule has 0 bridgehead atoms. The zero-order valence-corrected chi connectivity index (χ0v) is 14.3. The van der Waals surface area contributed by atoms with Crippen LogP contribution in [0.15, 0.2) is 4.79 Å². The predicted molar refractivity (Wildman–Crippen MR) is 90.0 cm³/mol. The van der Waals surface area contributed by atoms with Crippen LogP contribution in [0.25, 0.3) is 0 Å². The van der Waals surface area contributed by atoms with Crippen LogP contribution in [0.5, 0.6) is 0 Å². The number of aromatic amines is 1. The van der Waals surface area contributed by atoms with Crippen molar-refractivity contribution in [1.82, 2.24) is 20.2 Å². The minimum atomic E-state index is -0.0501. The van der Waals surface area contributed by atoms with Crippen molar-refractivity contribution in [1.29, 1.82) is 0 Å². The lowest BCUT2D eigenvalue weighted by Gasteiger charge is -2.26. The van der Waals surface area contributed by atoms with Crippen LogP contribution in [0.4, 0.5) is 0 Å². The van der Waals surface area contributed by atoms with Gasteiger partial charge in [0.05, 0.1) is 18.9 Å². The number of hydrogen-bond donors (Lipinski definition) is 2. The van der Waals surface area contributed by atoms with Crippen molar-refractivity contribution < 1.29 is 9.53 Å². The number of nitrogens with one attached hydrogen (secondary N) is 2. The van der Waals surface area contributed by atoms with Gasteiger partial charge in [-0.1, -0.05) is 0 Å². The molecule has 1 aliphatic carbocycles. The number of carbonyl (C=O) groups is 1. The van der Waals surface area contributed by atoms with Crippen LogP contribution in [0.1, 0.15) is 29.9 Å². The SMILES string of the molecule is Cc1nc2c(c(=O)[nH]1)CCC(C(=O)NCCN1CCOCC1)CC2. The first-order chi connectivity index (χ1) is 11.6. The molecular weight excluding hydrogens is 308 g/mol. The average molecular weight is 334 g/mol. The van der Waals surface area contributed by atoms with Crippen LogP contribution < -0.4 is 10.9 Å². The van der Waals surface area contributed by atoms with E-state index in [0.717, 1.165) is 50.5 Å². The molecule has 24 heavy (non-hydrogen) atoms. The normalized spacial score (nSPS) is 21.8. The summed E-state index contributed by atoms with van der Waals surface area (Å²) in [5, 5.41) is 3.05. The van der Waals surface area contributed by atoms with Gasteiger partial charge in [0.1, 0.15) is 5.82 Å². The number of aryl methyl sites for hydroxylation is 2. The van der Waals surface area contributed by atoms with Gasteiger partial charge < -0.3 is 15.0 Å². The summed E-state index contributed by atoms with van der Waals surface area (Å²) < 4.78 is 5.32. The zero-order valence-electron chi connectivity index (χ0n) is 14.3. The number of morpholine rings is 1. The van der Waals surface area contributed by atoms with Gasteiger partial charge in [0.2, 0.25) is 5.91 Å². The fourth-order valence-electron chi connectivity index (χ4n) is 3.48. The highest BCUT2D eigenvalue weighted by atomic mass is 16.5. The molecule has 3 rings (SSSR count). The minimum Gasteiger partial charge on any atom is -0.379 e. The molecule has 0 saturated carbocycles. The van der Waals surface area contributed by atoms with Gasteiger partial charge in [-0.15, -0.1) is 0 Å². The molecule has 0 radical (unpaired) electrons. The highest BCUT2D eigenvalue weighted by Crippen LogP contribution is 2.21. The van der Waals surface area contributed by atoms with E-state index >= 15 is 0 Å². The van der Waals surface area contributed by atoms with Gasteiger partial charge in [0.25, 0.3) is 5.56 Å². The predicted octanol–water partition coefficient (Wildman–Crippen LogP) is 0.0217. The Morgan fingerprint density at radius 3 is 2.88 bits per heavy atom. The number of nitrogens with zero attached hydrogens (tertiary/aromatic N) is 2. The van der Waals surface area contributed by atoms with E-state index in [0.29, 0.717) is 31.6 Å². The van der Waals surface area contributed by atoms with Crippen molar-refractivity contribution >= 4 is 5.91 Å². The summed E-state index contributed by atoms with van der Waals surface area (Å²) in [5.41, 5.74) is 1.56. The zero-order chi connectivity index (χ0) is 16.9. The molecule has 1 aliphatic heterocycles. The average Bonchev–Trinajstić information content (AvgIpc) is 2.78. The first-order valence-electron chi connectivity index (χ1n) is 8.80. The Morgan fingerprint density at radius 1 is 1.33 bits per heavy atom. The third-order valence-electron chi connectivity index (χ3n) is 4.89. The Labute approximate surface area is 141 Å². The van der Waals surface area contributed by atoms with Crippen molar-refractivity contribution in [2.45, 2.75) is 32.6 Å². The fraction of sp³-hybridized carbons (Fsp3) is 0.706. The van der Waals surface area contributed by atoms with E-state index in [1.165, 1.54) is 0 Å². The Kier molecular flexibility index (Phi) is 5.63. The standard InChI is InChI=1S/C17H26N4O3/c1-12-19-15-5-3-13(2-4-14(15)17(23)20-12)16(22)18-6-7-21-8-10-24-11-9-21/h13H,2-11H2,1H3,(H,18,22)(H,19,20,23). The Morgan fingerprint density at radius 2 is 2.08 bits per heavy atom. The second-order valence-electron chi connectivity index (χ2n) is 6.60. The van der Waals surface area contributed by atoms with Crippen LogP contribution >= 0.6 is 0 Å². The molecule has 1 amide bonds. The topological polar surface area (TPSA) is 87.3 Å². The van der Waals surface area contributed by atoms with E-state index in [9.17, 15) is 9.59 Å². The van der Waals surface area contributed by atoms with E-state index in [1.54, 1.807) is 6.92 Å². The second-order valence-corrected chi connectivity index (χ2v) is 6.60. The van der Waals surface area contributed by atoms with Gasteiger partial charge in [-0.05, 0) is 32.6 Å². The van der Waals surface area contributed by atoms with E-state index < -0.39 is 0 Å². The van der Waals surface area contributed by atoms with Gasteiger partial charge in [0, 0.05) is 37.7 Å². The van der Waals surface area contributed by atoms with Crippen LogP contribution in [-0.4, -0.2) is 60.2 Å². The lowest BCUT2D eigenvalue weighted by atomic mass is 9.99. The molecule has 0 aromatic carbocycles. The first-order valence-corrected chi connectivity index (χ1v) is 8.80. The summed E-state index contributed by atoms with van der Waals surface area (Å²) in [6, 6.07) is 0. The van der Waals surface area contributed by atoms with Gasteiger partial charge in [-0.3, -0.25) is 14.5 Å². The molecule has 2 aliphatic rings. The smallest absolute Gasteiger partial charge is 0.254 e. The molecule has 132 valence electrons. The molecule has 7 nitrogen and oxygen atoms in total. The fourth-order valence-corrected chi connectivity index (χ4v) is 3.48. The molecule has 1 atom stereocenters. The largest absolute Gasteiger partial charge is 0.379 e. The third kappa shape index (κ3) is 4.21. The van der Waals surface area contributed by atoms with Gasteiger partial charge >= 0.3 is 0 Å². The Hall–Kier alpha value is -1.73. The molecule has 0 spiro atoms. The Bertz CT molecular complexity index is 637. The summed E-state index contributed by atoms with van der Waals surface area (Å²) in [5.74, 6) is 0.708. The molecule has 7 heteroatoms. The summed E-state index contributed by atoms with van der Waals surface area (Å²) in [7, 11) is 0. The molecule has 1 aromatic heterocycles. The van der Waals surface area contributed by atoms with Crippen molar-refractivity contribution in [3.8, 4) is 0 Å². The molecule has 2 heterocycles. The number of H-pyrrole nitrogens is 1. The molecule has 2 N–H and O–H groups in total. The molecule has 1 fully saturated rings. The Balaban J connectivity index is 1.50. The highest BCUT2D eigenvalue weighted by molar-refractivity contribution is 5.78. The summed E-state index contributed by atoms with van der Waals surface area (Å²) in [6.07, 6.45) is 2.79. The lowest BCUT2D eigenvalue weighted by Crippen LogP contribution is -2.42. The number of ether oxygens (including phenoxy) is 1. The maximum absolute atomic E-state index is 12.4. The van der Waals surface area contributed by atoms with E-state index in [2.05, 4.69) is 20.2 Å². The first kappa shape index (κ1) is 17.1. The maximum atomic E-state index is 12.4. The van der Waals surface area contributed by atoms with Crippen molar-refractivity contribution in [2.24, 2.45) is 5.92 Å². The van der Waals surface area contributed by atoms with Crippen molar-refractivity contribution in [2.75, 3.05) is 39.4 Å². The molecule has 1 unspecified atom stereocenters. The van der Waals surface area contributed by atoms with Crippen LogP contribution in [0.2, 0.25) is 0 Å². The lowest BCUT2D eigenvalue weighted by molar-refractivity contribution is -0.125. The number of hydrogen-bond acceptors (Lipinski definition) is 5. The quantitative estimate of drug-likeness (QED) is 0.758. The second kappa shape index (κ2) is 7.90. The minimum absolute atomic E-state index is 0.0383. The monoisotopic (exact) mass is 334 g/mol. The van der Waals surface area contributed by atoms with Gasteiger partial charge in [0.15, 0.2) is 0 Å². The van der Waals surface area contributed by atoms with E-state index in [1.807, 2.05) is 0 Å². The number of amides is 1. The molecule has 1 aromatic rings. The summed E-state index contributed by atoms with van der Waals surface area (Å²) in [4.78, 5) is 34.0. The number of aromatic nitrogens is 2. The third-order valence-corrected chi connectivity index (χ3v) is 4.89. The van der Waals surface area contributed by atoms with Gasteiger partial charge in [-0.25, -0.2) is 4.98 Å².